The molecule has 0 saturated carbocycles. The highest BCUT2D eigenvalue weighted by Gasteiger charge is 2.09. The average molecular weight is 307 g/mol. The minimum atomic E-state index is 0.141. The van der Waals surface area contributed by atoms with E-state index in [9.17, 15) is 4.79 Å². The van der Waals surface area contributed by atoms with Crippen LogP contribution in [0.2, 0.25) is 0 Å². The van der Waals surface area contributed by atoms with Crippen molar-refractivity contribution in [1.29, 1.82) is 0 Å². The number of benzene rings is 1. The van der Waals surface area contributed by atoms with Crippen molar-refractivity contribution in [2.45, 2.75) is 12.7 Å². The predicted molar refractivity (Wildman–Crippen MR) is 89.7 cm³/mol. The van der Waals surface area contributed by atoms with Crippen molar-refractivity contribution in [2.24, 2.45) is 0 Å². The van der Waals surface area contributed by atoms with Gasteiger partial charge in [-0.25, -0.2) is 0 Å². The van der Waals surface area contributed by atoms with Crippen LogP contribution in [0.4, 0.5) is 0 Å². The highest BCUT2D eigenvalue weighted by Crippen LogP contribution is 2.13. The Morgan fingerprint density at radius 1 is 1.38 bits per heavy atom. The quantitative estimate of drug-likeness (QED) is 0.796. The van der Waals surface area contributed by atoms with E-state index in [0.717, 1.165) is 45.0 Å². The molecule has 0 bridgehead atoms. The van der Waals surface area contributed by atoms with Gasteiger partial charge in [-0.3, -0.25) is 9.69 Å². The Morgan fingerprint density at radius 2 is 2.19 bits per heavy atom. The number of carbonyl (C=O) groups is 1. The number of piperazine rings is 1. The van der Waals surface area contributed by atoms with E-state index in [0.29, 0.717) is 5.75 Å². The number of hydrogen-bond donors (Lipinski definition) is 2. The fourth-order valence-electron chi connectivity index (χ4n) is 2.40. The number of nitrogens with zero attached hydrogens (tertiary/aromatic N) is 1. The third kappa shape index (κ3) is 6.50. The standard InChI is InChI=1S/C16H25N3OS/c1-14-3-2-4-15(11-14)12-21-13-16(20)18-7-10-19-8-5-17-6-9-19/h2-4,11,17H,5-10,12-13H2,1H3,(H,18,20). The van der Waals surface area contributed by atoms with Crippen LogP contribution in [0.15, 0.2) is 24.3 Å². The second-order valence-corrected chi connectivity index (χ2v) is 6.41. The van der Waals surface area contributed by atoms with E-state index in [2.05, 4.69) is 46.7 Å². The van der Waals surface area contributed by atoms with Crippen molar-refractivity contribution in [3.63, 3.8) is 0 Å². The Morgan fingerprint density at radius 3 is 2.95 bits per heavy atom. The van der Waals surface area contributed by atoms with Crippen molar-refractivity contribution in [3.8, 4) is 0 Å². The summed E-state index contributed by atoms with van der Waals surface area (Å²) in [5.41, 5.74) is 2.56. The van der Waals surface area contributed by atoms with Crippen LogP contribution in [0.3, 0.4) is 0 Å². The molecule has 0 radical (unpaired) electrons. The van der Waals surface area contributed by atoms with Crippen molar-refractivity contribution < 1.29 is 4.79 Å². The summed E-state index contributed by atoms with van der Waals surface area (Å²) in [6.07, 6.45) is 0. The molecule has 2 N–H and O–H groups in total. The molecule has 4 nitrogen and oxygen atoms in total. The topological polar surface area (TPSA) is 44.4 Å². The van der Waals surface area contributed by atoms with Gasteiger partial charge in [-0.05, 0) is 12.5 Å². The third-order valence-electron chi connectivity index (χ3n) is 3.54. The Bertz CT molecular complexity index is 447. The summed E-state index contributed by atoms with van der Waals surface area (Å²) in [6.45, 7) is 8.08. The SMILES string of the molecule is Cc1cccc(CSCC(=O)NCCN2CCNCC2)c1. The van der Waals surface area contributed by atoms with E-state index in [1.54, 1.807) is 11.8 Å². The van der Waals surface area contributed by atoms with Crippen molar-refractivity contribution >= 4 is 17.7 Å². The van der Waals surface area contributed by atoms with Crippen LogP contribution in [0.1, 0.15) is 11.1 Å². The van der Waals surface area contributed by atoms with Crippen LogP contribution in [-0.2, 0) is 10.5 Å². The molecule has 1 saturated heterocycles. The number of aryl methyl sites for hydroxylation is 1. The van der Waals surface area contributed by atoms with E-state index in [1.165, 1.54) is 11.1 Å². The normalized spacial score (nSPS) is 15.9. The first kappa shape index (κ1) is 16.3. The molecule has 1 heterocycles. The molecule has 5 heteroatoms. The van der Waals surface area contributed by atoms with Gasteiger partial charge in [0.15, 0.2) is 0 Å². The van der Waals surface area contributed by atoms with Crippen LogP contribution >= 0.6 is 11.8 Å². The van der Waals surface area contributed by atoms with Gasteiger partial charge in [0.1, 0.15) is 0 Å². The summed E-state index contributed by atoms with van der Waals surface area (Å²) in [6, 6.07) is 8.45. The molecule has 0 aliphatic carbocycles. The molecule has 1 amide bonds. The highest BCUT2D eigenvalue weighted by atomic mass is 32.2. The van der Waals surface area contributed by atoms with Crippen LogP contribution in [0, 0.1) is 6.92 Å². The number of nitrogens with one attached hydrogen (secondary N) is 2. The lowest BCUT2D eigenvalue weighted by Gasteiger charge is -2.27. The van der Waals surface area contributed by atoms with Crippen LogP contribution in [-0.4, -0.2) is 55.8 Å². The molecule has 1 aliphatic rings. The molecule has 2 rings (SSSR count). The first-order chi connectivity index (χ1) is 10.2. The fourth-order valence-corrected chi connectivity index (χ4v) is 3.21. The smallest absolute Gasteiger partial charge is 0.230 e. The van der Waals surface area contributed by atoms with Gasteiger partial charge in [-0.1, -0.05) is 29.8 Å². The van der Waals surface area contributed by atoms with Gasteiger partial charge in [-0.2, -0.15) is 0 Å². The molecule has 1 aromatic rings. The monoisotopic (exact) mass is 307 g/mol. The van der Waals surface area contributed by atoms with Crippen LogP contribution < -0.4 is 10.6 Å². The molecular weight excluding hydrogens is 282 g/mol. The lowest BCUT2D eigenvalue weighted by atomic mass is 10.2. The van der Waals surface area contributed by atoms with Gasteiger partial charge < -0.3 is 10.6 Å². The van der Waals surface area contributed by atoms with Gasteiger partial charge in [0.05, 0.1) is 5.75 Å². The molecule has 1 aliphatic heterocycles. The third-order valence-corrected chi connectivity index (χ3v) is 4.55. The summed E-state index contributed by atoms with van der Waals surface area (Å²) in [4.78, 5) is 14.2. The van der Waals surface area contributed by atoms with Crippen molar-refractivity contribution in [1.82, 2.24) is 15.5 Å². The van der Waals surface area contributed by atoms with Gasteiger partial charge in [0.2, 0.25) is 5.91 Å². The summed E-state index contributed by atoms with van der Waals surface area (Å²) < 4.78 is 0. The zero-order valence-corrected chi connectivity index (χ0v) is 13.5. The molecular formula is C16H25N3OS. The van der Waals surface area contributed by atoms with E-state index in [4.69, 9.17) is 0 Å². The van der Waals surface area contributed by atoms with Crippen molar-refractivity contribution in [2.75, 3.05) is 45.0 Å². The lowest BCUT2D eigenvalue weighted by Crippen LogP contribution is -2.46. The summed E-state index contributed by atoms with van der Waals surface area (Å²) in [7, 11) is 0. The largest absolute Gasteiger partial charge is 0.354 e. The number of rotatable bonds is 7. The van der Waals surface area contributed by atoms with Crippen LogP contribution in [0.5, 0.6) is 0 Å². The van der Waals surface area contributed by atoms with E-state index >= 15 is 0 Å². The highest BCUT2D eigenvalue weighted by molar-refractivity contribution is 7.99. The second-order valence-electron chi connectivity index (χ2n) is 5.42. The maximum absolute atomic E-state index is 11.8. The van der Waals surface area contributed by atoms with Gasteiger partial charge in [0, 0.05) is 45.0 Å². The van der Waals surface area contributed by atoms with Gasteiger partial charge >= 0.3 is 0 Å². The number of amides is 1. The van der Waals surface area contributed by atoms with Crippen molar-refractivity contribution in [3.05, 3.63) is 35.4 Å². The zero-order chi connectivity index (χ0) is 14.9. The maximum Gasteiger partial charge on any atom is 0.230 e. The molecule has 0 atom stereocenters. The minimum Gasteiger partial charge on any atom is -0.354 e. The van der Waals surface area contributed by atoms with E-state index in [-0.39, 0.29) is 5.91 Å². The van der Waals surface area contributed by atoms with Gasteiger partial charge in [0.25, 0.3) is 0 Å². The average Bonchev–Trinajstić information content (AvgIpc) is 2.48. The summed E-state index contributed by atoms with van der Waals surface area (Å²) >= 11 is 1.67. The molecule has 116 valence electrons. The number of carbonyl (C=O) groups excluding carboxylic acids is 1. The summed E-state index contributed by atoms with van der Waals surface area (Å²) in [5.74, 6) is 1.57. The van der Waals surface area contributed by atoms with Gasteiger partial charge in [-0.15, -0.1) is 11.8 Å². The molecule has 0 unspecified atom stereocenters. The molecule has 21 heavy (non-hydrogen) atoms. The fraction of sp³-hybridized carbons (Fsp3) is 0.562. The Labute approximate surface area is 131 Å². The summed E-state index contributed by atoms with van der Waals surface area (Å²) in [5, 5.41) is 6.33. The Hall–Kier alpha value is -1.04. The predicted octanol–water partition coefficient (Wildman–Crippen LogP) is 1.25. The first-order valence-corrected chi connectivity index (χ1v) is 8.72. The lowest BCUT2D eigenvalue weighted by molar-refractivity contribution is -0.118. The van der Waals surface area contributed by atoms with Crippen LogP contribution in [0.25, 0.3) is 0 Å². The Kier molecular flexibility index (Phi) is 7.06. The molecule has 0 aromatic heterocycles. The van der Waals surface area contributed by atoms with E-state index < -0.39 is 0 Å². The van der Waals surface area contributed by atoms with E-state index in [1.807, 2.05) is 0 Å². The molecule has 1 aromatic carbocycles. The molecule has 1 fully saturated rings. The molecule has 0 spiro atoms. The maximum atomic E-state index is 11.8. The Balaban J connectivity index is 1.55. The first-order valence-electron chi connectivity index (χ1n) is 7.57. The number of thioether (sulfide) groups is 1. The zero-order valence-electron chi connectivity index (χ0n) is 12.7. The minimum absolute atomic E-state index is 0.141. The second kappa shape index (κ2) is 9.07. The number of hydrogen-bond acceptors (Lipinski definition) is 4.